The van der Waals surface area contributed by atoms with Crippen LogP contribution >= 0.6 is 0 Å². The summed E-state index contributed by atoms with van der Waals surface area (Å²) in [7, 11) is 0. The van der Waals surface area contributed by atoms with Crippen molar-refractivity contribution < 1.29 is 8.78 Å². The second-order valence-corrected chi connectivity index (χ2v) is 10.8. The molecule has 0 saturated heterocycles. The van der Waals surface area contributed by atoms with Gasteiger partial charge in [-0.1, -0.05) is 32.4 Å². The molecule has 3 heteroatoms. The molecule has 0 aliphatic heterocycles. The van der Waals surface area contributed by atoms with E-state index in [0.717, 1.165) is 44.3 Å². The first kappa shape index (κ1) is 22.8. The van der Waals surface area contributed by atoms with Crippen molar-refractivity contribution in [1.29, 1.82) is 0 Å². The van der Waals surface area contributed by atoms with Gasteiger partial charge >= 0.3 is 0 Å². The lowest BCUT2D eigenvalue weighted by atomic mass is 9.49. The number of anilines is 1. The van der Waals surface area contributed by atoms with Gasteiger partial charge in [-0.2, -0.15) is 0 Å². The fourth-order valence-corrected chi connectivity index (χ4v) is 7.96. The molecule has 3 aliphatic rings. The Morgan fingerprint density at radius 2 is 1.84 bits per heavy atom. The van der Waals surface area contributed by atoms with E-state index >= 15 is 4.39 Å². The summed E-state index contributed by atoms with van der Waals surface area (Å²) in [5.74, 6) is 2.12. The molecule has 1 aromatic rings. The quantitative estimate of drug-likeness (QED) is 0.431. The number of fused-ring (bicyclic) bond motifs is 3. The van der Waals surface area contributed by atoms with E-state index in [9.17, 15) is 4.39 Å². The first-order chi connectivity index (χ1) is 14.9. The average Bonchev–Trinajstić information content (AvgIpc) is 3.08. The number of allylic oxidation sites excluding steroid dienone is 2. The molecule has 1 aromatic carbocycles. The van der Waals surface area contributed by atoms with Crippen LogP contribution in [0, 0.1) is 40.8 Å². The maximum absolute atomic E-state index is 16.6. The van der Waals surface area contributed by atoms with E-state index in [4.69, 9.17) is 0 Å². The number of hydrogen-bond donors (Lipinski definition) is 1. The number of hydrogen-bond acceptors (Lipinski definition) is 1. The highest BCUT2D eigenvalue weighted by molar-refractivity contribution is 5.42. The summed E-state index contributed by atoms with van der Waals surface area (Å²) in [5, 5.41) is 3.48. The Hall–Kier alpha value is -1.38. The first-order valence-corrected chi connectivity index (χ1v) is 12.7. The van der Waals surface area contributed by atoms with Crippen LogP contribution < -0.4 is 5.32 Å². The number of rotatable bonds is 7. The highest BCUT2D eigenvalue weighted by Gasteiger charge is 2.60. The van der Waals surface area contributed by atoms with Crippen LogP contribution in [0.25, 0.3) is 0 Å². The molecular weight excluding hydrogens is 388 g/mol. The van der Waals surface area contributed by atoms with Crippen molar-refractivity contribution in [2.75, 3.05) is 11.9 Å². The van der Waals surface area contributed by atoms with Crippen molar-refractivity contribution in [1.82, 2.24) is 0 Å². The standard InChI is InChI=1S/C28H41F2N/c1-4-6-21-7-13-24-25-14-8-20(16-19-31-23-11-9-22(29)10-12-23)27(25,3)18-15-26(24)28(21,30)17-5-2/h4,6,9-12,20-21,24-26,31H,5,7-8,13-19H2,1-3H3/b6-4+/t20-,21+,24+,25?,26?,27-,28-/m1/s1. The number of nitrogens with one attached hydrogen (secondary N) is 1. The van der Waals surface area contributed by atoms with Gasteiger partial charge in [0.05, 0.1) is 0 Å². The zero-order valence-electron chi connectivity index (χ0n) is 19.7. The monoisotopic (exact) mass is 429 g/mol. The molecular formula is C28H41F2N. The lowest BCUT2D eigenvalue weighted by Gasteiger charge is -2.56. The highest BCUT2D eigenvalue weighted by atomic mass is 19.1. The van der Waals surface area contributed by atoms with Crippen LogP contribution in [0.1, 0.15) is 78.6 Å². The zero-order valence-corrected chi connectivity index (χ0v) is 19.7. The van der Waals surface area contributed by atoms with Gasteiger partial charge < -0.3 is 5.32 Å². The molecule has 0 aromatic heterocycles. The van der Waals surface area contributed by atoms with E-state index in [1.54, 1.807) is 0 Å². The van der Waals surface area contributed by atoms with Crippen molar-refractivity contribution in [2.45, 2.75) is 84.2 Å². The Kier molecular flexibility index (Phi) is 6.79. The third kappa shape index (κ3) is 4.18. The minimum absolute atomic E-state index is 0.111. The zero-order chi connectivity index (χ0) is 22.1. The molecule has 3 aliphatic carbocycles. The van der Waals surface area contributed by atoms with Crippen LogP contribution in [0.3, 0.4) is 0 Å². The first-order valence-electron chi connectivity index (χ1n) is 12.7. The number of alkyl halides is 1. The number of benzene rings is 1. The minimum Gasteiger partial charge on any atom is -0.385 e. The van der Waals surface area contributed by atoms with Crippen molar-refractivity contribution in [2.24, 2.45) is 35.0 Å². The lowest BCUT2D eigenvalue weighted by Crippen LogP contribution is -2.54. The molecule has 1 nitrogen and oxygen atoms in total. The summed E-state index contributed by atoms with van der Waals surface area (Å²) in [6, 6.07) is 6.66. The minimum atomic E-state index is -1.01. The van der Waals surface area contributed by atoms with Gasteiger partial charge in [-0.25, -0.2) is 8.78 Å². The Balaban J connectivity index is 1.43. The molecule has 0 bridgehead atoms. The van der Waals surface area contributed by atoms with E-state index < -0.39 is 5.67 Å². The molecule has 3 saturated carbocycles. The molecule has 7 atom stereocenters. The number of halogens is 2. The molecule has 2 unspecified atom stereocenters. The van der Waals surface area contributed by atoms with Gasteiger partial charge in [-0.05, 0) is 112 Å². The van der Waals surface area contributed by atoms with E-state index in [-0.39, 0.29) is 17.7 Å². The largest absolute Gasteiger partial charge is 0.385 e. The smallest absolute Gasteiger partial charge is 0.123 e. The maximum atomic E-state index is 16.6. The Labute approximate surface area is 188 Å². The van der Waals surface area contributed by atoms with Crippen molar-refractivity contribution >= 4 is 5.69 Å². The van der Waals surface area contributed by atoms with E-state index in [1.165, 1.54) is 37.8 Å². The Bertz CT molecular complexity index is 759. The molecule has 1 N–H and O–H groups in total. The van der Waals surface area contributed by atoms with Crippen molar-refractivity contribution in [3.05, 3.63) is 42.2 Å². The summed E-state index contributed by atoms with van der Waals surface area (Å²) in [6.07, 6.45) is 14.1. The van der Waals surface area contributed by atoms with Crippen LogP contribution in [0.2, 0.25) is 0 Å². The average molecular weight is 430 g/mol. The molecule has 4 rings (SSSR count). The van der Waals surface area contributed by atoms with Crippen LogP contribution in [-0.2, 0) is 0 Å². The van der Waals surface area contributed by atoms with Crippen LogP contribution in [0.4, 0.5) is 14.5 Å². The molecule has 3 fully saturated rings. The third-order valence-corrected chi connectivity index (χ3v) is 9.40. The van der Waals surface area contributed by atoms with Gasteiger partial charge in [0.1, 0.15) is 11.5 Å². The van der Waals surface area contributed by atoms with Gasteiger partial charge in [0.25, 0.3) is 0 Å². The third-order valence-electron chi connectivity index (χ3n) is 9.40. The molecule has 31 heavy (non-hydrogen) atoms. The van der Waals surface area contributed by atoms with E-state index in [2.05, 4.69) is 31.3 Å². The van der Waals surface area contributed by atoms with Gasteiger partial charge in [-0.3, -0.25) is 0 Å². The molecule has 0 spiro atoms. The summed E-state index contributed by atoms with van der Waals surface area (Å²) in [6.45, 7) is 7.63. The van der Waals surface area contributed by atoms with Crippen molar-refractivity contribution in [3.8, 4) is 0 Å². The second kappa shape index (κ2) is 9.24. The van der Waals surface area contributed by atoms with E-state index in [0.29, 0.717) is 23.2 Å². The predicted octanol–water partition coefficient (Wildman–Crippen LogP) is 8.18. The normalized spacial score (nSPS) is 40.0. The Morgan fingerprint density at radius 1 is 1.06 bits per heavy atom. The molecule has 0 heterocycles. The maximum Gasteiger partial charge on any atom is 0.123 e. The van der Waals surface area contributed by atoms with Gasteiger partial charge in [-0.15, -0.1) is 0 Å². The predicted molar refractivity (Wildman–Crippen MR) is 126 cm³/mol. The topological polar surface area (TPSA) is 12.0 Å². The van der Waals surface area contributed by atoms with Gasteiger partial charge in [0.2, 0.25) is 0 Å². The summed E-state index contributed by atoms with van der Waals surface area (Å²) in [5.41, 5.74) is 0.341. The van der Waals surface area contributed by atoms with Gasteiger partial charge in [0.15, 0.2) is 0 Å². The Morgan fingerprint density at radius 3 is 2.55 bits per heavy atom. The molecule has 172 valence electrons. The fourth-order valence-electron chi connectivity index (χ4n) is 7.96. The summed E-state index contributed by atoms with van der Waals surface area (Å²) >= 11 is 0. The fraction of sp³-hybridized carbons (Fsp3) is 0.714. The van der Waals surface area contributed by atoms with Crippen molar-refractivity contribution in [3.63, 3.8) is 0 Å². The lowest BCUT2D eigenvalue weighted by molar-refractivity contribution is -0.111. The highest BCUT2D eigenvalue weighted by Crippen LogP contribution is 2.65. The molecule has 0 radical (unpaired) electrons. The van der Waals surface area contributed by atoms with Gasteiger partial charge in [0, 0.05) is 18.2 Å². The summed E-state index contributed by atoms with van der Waals surface area (Å²) in [4.78, 5) is 0. The van der Waals surface area contributed by atoms with Crippen LogP contribution in [0.5, 0.6) is 0 Å². The molecule has 0 amide bonds. The SMILES string of the molecule is C/C=C/[C@H]1CC[C@H]2C3CC[C@H](CCNc4ccc(F)cc4)[C@@]3(C)CCC2[C@@]1(F)CCC. The second-order valence-electron chi connectivity index (χ2n) is 10.8. The van der Waals surface area contributed by atoms with Crippen LogP contribution in [-0.4, -0.2) is 12.2 Å². The van der Waals surface area contributed by atoms with Crippen LogP contribution in [0.15, 0.2) is 36.4 Å². The van der Waals surface area contributed by atoms with E-state index in [1.807, 2.05) is 19.1 Å². The summed E-state index contributed by atoms with van der Waals surface area (Å²) < 4.78 is 29.7.